The van der Waals surface area contributed by atoms with Crippen LogP contribution in [0.4, 0.5) is 0 Å². The normalized spacial score (nSPS) is 11.2. The number of nitrogens with one attached hydrogen (secondary N) is 1. The number of rotatable bonds is 7. The largest absolute Gasteiger partial charge is 0.467 e. The van der Waals surface area contributed by atoms with Crippen LogP contribution in [0.5, 0.6) is 0 Å². The number of carbonyl (C=O) groups is 1. The number of unbranched alkanes of at least 4 members (excludes halogenated alkanes) is 1. The third kappa shape index (κ3) is 4.24. The molecule has 0 spiro atoms. The van der Waals surface area contributed by atoms with E-state index in [1.807, 2.05) is 13.0 Å². The summed E-state index contributed by atoms with van der Waals surface area (Å²) in [4.78, 5) is 11.8. The van der Waals surface area contributed by atoms with E-state index in [1.165, 1.54) is 6.08 Å². The van der Waals surface area contributed by atoms with Crippen LogP contribution in [-0.4, -0.2) is 15.7 Å². The first kappa shape index (κ1) is 16.4. The molecule has 0 saturated carbocycles. The lowest BCUT2D eigenvalue weighted by Crippen LogP contribution is -2.19. The summed E-state index contributed by atoms with van der Waals surface area (Å²) in [6, 6.07) is 3.59. The van der Waals surface area contributed by atoms with Crippen molar-refractivity contribution in [2.45, 2.75) is 39.8 Å². The van der Waals surface area contributed by atoms with Gasteiger partial charge in [-0.15, -0.1) is 0 Å². The fourth-order valence-corrected chi connectivity index (χ4v) is 2.34. The Balaban J connectivity index is 1.97. The van der Waals surface area contributed by atoms with Crippen LogP contribution in [0.1, 0.15) is 36.8 Å². The van der Waals surface area contributed by atoms with Crippen molar-refractivity contribution in [3.05, 3.63) is 46.6 Å². The van der Waals surface area contributed by atoms with Crippen LogP contribution in [0.3, 0.4) is 0 Å². The molecule has 6 heteroatoms. The number of halogens is 1. The first-order valence-corrected chi connectivity index (χ1v) is 7.70. The van der Waals surface area contributed by atoms with Gasteiger partial charge in [0, 0.05) is 18.2 Å². The third-order valence-electron chi connectivity index (χ3n) is 3.25. The molecule has 2 aromatic heterocycles. The van der Waals surface area contributed by atoms with Gasteiger partial charge in [-0.05, 0) is 31.6 Å². The van der Waals surface area contributed by atoms with E-state index in [2.05, 4.69) is 17.3 Å². The van der Waals surface area contributed by atoms with Crippen molar-refractivity contribution in [2.75, 3.05) is 0 Å². The van der Waals surface area contributed by atoms with Gasteiger partial charge in [-0.1, -0.05) is 24.9 Å². The van der Waals surface area contributed by atoms with Gasteiger partial charge in [0.15, 0.2) is 0 Å². The van der Waals surface area contributed by atoms with Crippen LogP contribution in [0, 0.1) is 6.92 Å². The Labute approximate surface area is 134 Å². The molecule has 0 aliphatic carbocycles. The van der Waals surface area contributed by atoms with E-state index < -0.39 is 0 Å². The Bertz CT molecular complexity index is 645. The molecule has 0 saturated heterocycles. The Hall–Kier alpha value is -2.01. The number of carbonyl (C=O) groups excluding carboxylic acids is 1. The second-order valence-corrected chi connectivity index (χ2v) is 5.36. The lowest BCUT2D eigenvalue weighted by atomic mass is 10.2. The minimum atomic E-state index is -0.201. The van der Waals surface area contributed by atoms with Crippen molar-refractivity contribution < 1.29 is 9.21 Å². The molecule has 5 nitrogen and oxygen atoms in total. The zero-order chi connectivity index (χ0) is 15.9. The minimum absolute atomic E-state index is 0.201. The van der Waals surface area contributed by atoms with E-state index in [1.54, 1.807) is 23.1 Å². The van der Waals surface area contributed by atoms with E-state index in [4.69, 9.17) is 16.0 Å². The standard InChI is InChI=1S/C16H20ClN3O2/c1-3-4-9-20-16(17)14(12(2)19-20)7-8-15(21)18-11-13-6-5-10-22-13/h5-8,10H,3-4,9,11H2,1-2H3,(H,18,21)/b8-7+. The van der Waals surface area contributed by atoms with E-state index in [9.17, 15) is 4.79 Å². The lowest BCUT2D eigenvalue weighted by Gasteiger charge is -2.01. The molecule has 118 valence electrons. The van der Waals surface area contributed by atoms with Gasteiger partial charge >= 0.3 is 0 Å². The highest BCUT2D eigenvalue weighted by molar-refractivity contribution is 6.31. The summed E-state index contributed by atoms with van der Waals surface area (Å²) >= 11 is 6.31. The Morgan fingerprint density at radius 3 is 3.05 bits per heavy atom. The number of furan rings is 1. The zero-order valence-electron chi connectivity index (χ0n) is 12.8. The van der Waals surface area contributed by atoms with Gasteiger partial charge in [0.05, 0.1) is 18.5 Å². The number of hydrogen-bond acceptors (Lipinski definition) is 3. The average Bonchev–Trinajstić information content (AvgIpc) is 3.10. The molecule has 0 radical (unpaired) electrons. The molecule has 22 heavy (non-hydrogen) atoms. The molecule has 2 aromatic rings. The van der Waals surface area contributed by atoms with Gasteiger partial charge in [-0.2, -0.15) is 5.10 Å². The number of amides is 1. The van der Waals surface area contributed by atoms with Crippen LogP contribution < -0.4 is 5.32 Å². The summed E-state index contributed by atoms with van der Waals surface area (Å²) in [6.45, 7) is 5.15. The topological polar surface area (TPSA) is 60.1 Å². The molecule has 2 heterocycles. The maximum atomic E-state index is 11.8. The number of aromatic nitrogens is 2. The van der Waals surface area contributed by atoms with Crippen LogP contribution >= 0.6 is 11.6 Å². The van der Waals surface area contributed by atoms with Crippen LogP contribution in [-0.2, 0) is 17.9 Å². The summed E-state index contributed by atoms with van der Waals surface area (Å²) in [5, 5.41) is 7.71. The fourth-order valence-electron chi connectivity index (χ4n) is 2.02. The predicted molar refractivity (Wildman–Crippen MR) is 86.5 cm³/mol. The second-order valence-electron chi connectivity index (χ2n) is 5.00. The summed E-state index contributed by atoms with van der Waals surface area (Å²) in [5.41, 5.74) is 1.60. The Morgan fingerprint density at radius 1 is 1.55 bits per heavy atom. The molecule has 0 bridgehead atoms. The zero-order valence-corrected chi connectivity index (χ0v) is 13.6. The molecule has 0 atom stereocenters. The van der Waals surface area contributed by atoms with Crippen molar-refractivity contribution in [3.63, 3.8) is 0 Å². The van der Waals surface area contributed by atoms with Gasteiger partial charge in [-0.3, -0.25) is 9.48 Å². The Morgan fingerprint density at radius 2 is 2.36 bits per heavy atom. The number of nitrogens with zero attached hydrogens (tertiary/aromatic N) is 2. The maximum Gasteiger partial charge on any atom is 0.244 e. The summed E-state index contributed by atoms with van der Waals surface area (Å²) in [6.07, 6.45) is 6.84. The van der Waals surface area contributed by atoms with Crippen molar-refractivity contribution in [3.8, 4) is 0 Å². The van der Waals surface area contributed by atoms with Gasteiger partial charge in [0.25, 0.3) is 0 Å². The Kier molecular flexibility index (Phi) is 5.83. The molecule has 0 unspecified atom stereocenters. The molecule has 2 rings (SSSR count). The van der Waals surface area contributed by atoms with Crippen molar-refractivity contribution in [1.82, 2.24) is 15.1 Å². The second kappa shape index (κ2) is 7.84. The summed E-state index contributed by atoms with van der Waals surface area (Å²) in [7, 11) is 0. The third-order valence-corrected chi connectivity index (χ3v) is 3.65. The quantitative estimate of drug-likeness (QED) is 0.793. The van der Waals surface area contributed by atoms with Gasteiger partial charge in [0.1, 0.15) is 10.9 Å². The van der Waals surface area contributed by atoms with Crippen LogP contribution in [0.25, 0.3) is 6.08 Å². The number of hydrogen-bond donors (Lipinski definition) is 1. The first-order valence-electron chi connectivity index (χ1n) is 7.33. The summed E-state index contributed by atoms with van der Waals surface area (Å²) < 4.78 is 6.93. The first-order chi connectivity index (χ1) is 10.6. The van der Waals surface area contributed by atoms with Crippen LogP contribution in [0.2, 0.25) is 5.15 Å². The van der Waals surface area contributed by atoms with Gasteiger partial charge in [0.2, 0.25) is 5.91 Å². The highest BCUT2D eigenvalue weighted by atomic mass is 35.5. The molecule has 0 aliphatic rings. The van der Waals surface area contributed by atoms with E-state index in [0.717, 1.165) is 30.6 Å². The van der Waals surface area contributed by atoms with Gasteiger partial charge in [-0.25, -0.2) is 0 Å². The molecule has 0 aromatic carbocycles. The SMILES string of the molecule is CCCCn1nc(C)c(/C=C/C(=O)NCc2ccco2)c1Cl. The van der Waals surface area contributed by atoms with Crippen molar-refractivity contribution >= 4 is 23.6 Å². The molecule has 0 fully saturated rings. The van der Waals surface area contributed by atoms with Crippen molar-refractivity contribution in [2.24, 2.45) is 0 Å². The van der Waals surface area contributed by atoms with Crippen LogP contribution in [0.15, 0.2) is 28.9 Å². The maximum absolute atomic E-state index is 11.8. The average molecular weight is 322 g/mol. The predicted octanol–water partition coefficient (Wildman–Crippen LogP) is 3.57. The molecule has 0 aliphatic heterocycles. The van der Waals surface area contributed by atoms with E-state index in [-0.39, 0.29) is 5.91 Å². The monoisotopic (exact) mass is 321 g/mol. The number of aryl methyl sites for hydroxylation is 2. The molecule has 1 amide bonds. The molecule has 1 N–H and O–H groups in total. The summed E-state index contributed by atoms with van der Waals surface area (Å²) in [5.74, 6) is 0.511. The highest BCUT2D eigenvalue weighted by Gasteiger charge is 2.10. The molecular weight excluding hydrogens is 302 g/mol. The minimum Gasteiger partial charge on any atom is -0.467 e. The lowest BCUT2D eigenvalue weighted by molar-refractivity contribution is -0.116. The smallest absolute Gasteiger partial charge is 0.244 e. The van der Waals surface area contributed by atoms with E-state index in [0.29, 0.717) is 17.5 Å². The molecular formula is C16H20ClN3O2. The van der Waals surface area contributed by atoms with Gasteiger partial charge < -0.3 is 9.73 Å². The van der Waals surface area contributed by atoms with E-state index >= 15 is 0 Å². The van der Waals surface area contributed by atoms with Crippen molar-refractivity contribution in [1.29, 1.82) is 0 Å². The highest BCUT2D eigenvalue weighted by Crippen LogP contribution is 2.21. The fraction of sp³-hybridized carbons (Fsp3) is 0.375.